The highest BCUT2D eigenvalue weighted by Gasteiger charge is 2.30. The summed E-state index contributed by atoms with van der Waals surface area (Å²) in [4.78, 5) is 24.8. The van der Waals surface area contributed by atoms with E-state index in [1.54, 1.807) is 23.1 Å². The summed E-state index contributed by atoms with van der Waals surface area (Å²) in [6.07, 6.45) is 5.23. The summed E-state index contributed by atoms with van der Waals surface area (Å²) in [5.41, 5.74) is 1.09. The Balaban J connectivity index is 2.03. The van der Waals surface area contributed by atoms with Crippen molar-refractivity contribution in [3.8, 4) is 0 Å². The Kier molecular flexibility index (Phi) is 5.48. The molecule has 0 aliphatic heterocycles. The average Bonchev–Trinajstić information content (AvgIpc) is 2.90. The molecule has 2 rings (SSSR count). The molecule has 6 heteroatoms. The normalized spacial score (nSPS) is 19.1. The van der Waals surface area contributed by atoms with Gasteiger partial charge in [0, 0.05) is 4.88 Å². The fourth-order valence-electron chi connectivity index (χ4n) is 2.52. The fourth-order valence-corrected chi connectivity index (χ4v) is 3.98. The number of rotatable bonds is 6. The Morgan fingerprint density at radius 3 is 3.10 bits per heavy atom. The quantitative estimate of drug-likeness (QED) is 0.847. The number of nitrogens with one attached hydrogen (secondary N) is 1. The number of aliphatic carboxylic acids is 1. The van der Waals surface area contributed by atoms with E-state index in [1.165, 1.54) is 4.88 Å². The van der Waals surface area contributed by atoms with Crippen molar-refractivity contribution in [3.63, 3.8) is 0 Å². The van der Waals surface area contributed by atoms with Gasteiger partial charge in [-0.3, -0.25) is 4.79 Å². The first-order valence-corrected chi connectivity index (χ1v) is 8.99. The Labute approximate surface area is 127 Å². The molecule has 0 bridgehead atoms. The molecule has 4 nitrogen and oxygen atoms in total. The molecule has 0 saturated carbocycles. The van der Waals surface area contributed by atoms with E-state index in [0.29, 0.717) is 6.42 Å². The zero-order valence-electron chi connectivity index (χ0n) is 11.4. The minimum atomic E-state index is -0.950. The predicted octanol–water partition coefficient (Wildman–Crippen LogP) is 2.49. The first kappa shape index (κ1) is 15.4. The van der Waals surface area contributed by atoms with Gasteiger partial charge >= 0.3 is 5.97 Å². The van der Waals surface area contributed by atoms with Gasteiger partial charge in [-0.15, -0.1) is 11.3 Å². The zero-order valence-corrected chi connectivity index (χ0v) is 13.1. The minimum absolute atomic E-state index is 0.141. The second-order valence-electron chi connectivity index (χ2n) is 4.92. The van der Waals surface area contributed by atoms with Gasteiger partial charge < -0.3 is 10.4 Å². The molecule has 1 amide bonds. The fraction of sp³-hybridized carbons (Fsp3) is 0.571. The van der Waals surface area contributed by atoms with E-state index in [2.05, 4.69) is 5.32 Å². The van der Waals surface area contributed by atoms with Crippen molar-refractivity contribution in [1.29, 1.82) is 0 Å². The number of thiophene rings is 1. The van der Waals surface area contributed by atoms with E-state index in [9.17, 15) is 14.7 Å². The van der Waals surface area contributed by atoms with E-state index in [4.69, 9.17) is 0 Å². The maximum absolute atomic E-state index is 12.4. The molecule has 1 aliphatic carbocycles. The van der Waals surface area contributed by atoms with E-state index in [0.717, 1.165) is 30.6 Å². The van der Waals surface area contributed by atoms with Crippen molar-refractivity contribution in [2.24, 2.45) is 0 Å². The molecule has 0 saturated heterocycles. The van der Waals surface area contributed by atoms with Crippen molar-refractivity contribution in [2.45, 2.75) is 37.6 Å². The van der Waals surface area contributed by atoms with E-state index in [1.807, 2.05) is 17.7 Å². The third-order valence-electron chi connectivity index (χ3n) is 3.59. The molecule has 0 fully saturated rings. The number of hydrogen-bond acceptors (Lipinski definition) is 4. The van der Waals surface area contributed by atoms with Crippen molar-refractivity contribution < 1.29 is 14.7 Å². The van der Waals surface area contributed by atoms with Crippen LogP contribution in [-0.2, 0) is 16.0 Å². The molecule has 1 unspecified atom stereocenters. The standard InChI is InChI=1S/C14H19NO3S2/c1-19-7-6-11(14(17)18)15-13(16)10-3-2-4-12-9(10)5-8-20-12/h5,8,10-11H,2-4,6-7H2,1H3,(H,15,16)(H,17,18)/t10?,11-/m0/s1. The first-order valence-electron chi connectivity index (χ1n) is 6.72. The van der Waals surface area contributed by atoms with Crippen LogP contribution in [0.1, 0.15) is 35.6 Å². The highest BCUT2D eigenvalue weighted by atomic mass is 32.2. The second kappa shape index (κ2) is 7.13. The lowest BCUT2D eigenvalue weighted by molar-refractivity contribution is -0.142. The number of hydrogen-bond donors (Lipinski definition) is 2. The van der Waals surface area contributed by atoms with Gasteiger partial charge in [-0.1, -0.05) is 0 Å². The van der Waals surface area contributed by atoms with Gasteiger partial charge in [-0.05, 0) is 54.7 Å². The molecule has 0 radical (unpaired) electrons. The predicted molar refractivity (Wildman–Crippen MR) is 82.6 cm³/mol. The van der Waals surface area contributed by atoms with Crippen LogP contribution in [-0.4, -0.2) is 35.0 Å². The van der Waals surface area contributed by atoms with Gasteiger partial charge in [-0.25, -0.2) is 4.79 Å². The molecule has 110 valence electrons. The lowest BCUT2D eigenvalue weighted by Gasteiger charge is -2.24. The Hall–Kier alpha value is -1.01. The molecule has 2 atom stereocenters. The molecule has 2 N–H and O–H groups in total. The van der Waals surface area contributed by atoms with Crippen LogP contribution < -0.4 is 5.32 Å². The topological polar surface area (TPSA) is 66.4 Å². The molecule has 1 aromatic heterocycles. The maximum Gasteiger partial charge on any atom is 0.326 e. The molecule has 1 heterocycles. The Morgan fingerprint density at radius 2 is 2.40 bits per heavy atom. The Morgan fingerprint density at radius 1 is 1.60 bits per heavy atom. The summed E-state index contributed by atoms with van der Waals surface area (Å²) in [6.45, 7) is 0. The van der Waals surface area contributed by atoms with Crippen LogP contribution in [0.4, 0.5) is 0 Å². The van der Waals surface area contributed by atoms with Crippen molar-refractivity contribution in [3.05, 3.63) is 21.9 Å². The molecular formula is C14H19NO3S2. The van der Waals surface area contributed by atoms with Crippen LogP contribution >= 0.6 is 23.1 Å². The lowest BCUT2D eigenvalue weighted by Crippen LogP contribution is -2.43. The van der Waals surface area contributed by atoms with Crippen LogP contribution in [0.2, 0.25) is 0 Å². The number of fused-ring (bicyclic) bond motifs is 1. The molecule has 0 spiro atoms. The maximum atomic E-state index is 12.4. The zero-order chi connectivity index (χ0) is 14.5. The molecule has 1 aromatic rings. The number of carboxylic acids is 1. The van der Waals surface area contributed by atoms with Crippen molar-refractivity contribution >= 4 is 35.0 Å². The second-order valence-corrected chi connectivity index (χ2v) is 6.91. The first-order chi connectivity index (χ1) is 9.63. The third-order valence-corrected chi connectivity index (χ3v) is 5.23. The van der Waals surface area contributed by atoms with Gasteiger partial charge in [0.25, 0.3) is 0 Å². The summed E-state index contributed by atoms with van der Waals surface area (Å²) in [6, 6.07) is 1.22. The van der Waals surface area contributed by atoms with Crippen LogP contribution in [0.3, 0.4) is 0 Å². The van der Waals surface area contributed by atoms with Crippen LogP contribution in [0.15, 0.2) is 11.4 Å². The van der Waals surface area contributed by atoms with Crippen LogP contribution in [0.25, 0.3) is 0 Å². The number of carbonyl (C=O) groups excluding carboxylic acids is 1. The van der Waals surface area contributed by atoms with E-state index in [-0.39, 0.29) is 11.8 Å². The third kappa shape index (κ3) is 3.55. The SMILES string of the molecule is CSCC[C@H](NC(=O)C1CCCc2sccc21)C(=O)O. The highest BCUT2D eigenvalue weighted by molar-refractivity contribution is 7.98. The summed E-state index contributed by atoms with van der Waals surface area (Å²) in [7, 11) is 0. The van der Waals surface area contributed by atoms with Gasteiger partial charge in [-0.2, -0.15) is 11.8 Å². The summed E-state index contributed by atoms with van der Waals surface area (Å²) in [5.74, 6) is -0.543. The van der Waals surface area contributed by atoms with Crippen molar-refractivity contribution in [1.82, 2.24) is 5.32 Å². The Bertz CT molecular complexity index is 487. The number of thioether (sulfide) groups is 1. The number of aryl methyl sites for hydroxylation is 1. The number of carbonyl (C=O) groups is 2. The number of carboxylic acid groups (broad SMARTS) is 1. The van der Waals surface area contributed by atoms with Gasteiger partial charge in [0.2, 0.25) is 5.91 Å². The molecule has 20 heavy (non-hydrogen) atoms. The number of amides is 1. The summed E-state index contributed by atoms with van der Waals surface area (Å²) in [5, 5.41) is 13.9. The monoisotopic (exact) mass is 313 g/mol. The summed E-state index contributed by atoms with van der Waals surface area (Å²) < 4.78 is 0. The average molecular weight is 313 g/mol. The minimum Gasteiger partial charge on any atom is -0.480 e. The smallest absolute Gasteiger partial charge is 0.326 e. The van der Waals surface area contributed by atoms with Crippen molar-refractivity contribution in [2.75, 3.05) is 12.0 Å². The van der Waals surface area contributed by atoms with Gasteiger partial charge in [0.05, 0.1) is 5.92 Å². The van der Waals surface area contributed by atoms with E-state index < -0.39 is 12.0 Å². The van der Waals surface area contributed by atoms with Crippen LogP contribution in [0.5, 0.6) is 0 Å². The van der Waals surface area contributed by atoms with Gasteiger partial charge in [0.15, 0.2) is 0 Å². The van der Waals surface area contributed by atoms with Gasteiger partial charge in [0.1, 0.15) is 6.04 Å². The molecular weight excluding hydrogens is 294 g/mol. The molecule has 0 aromatic carbocycles. The largest absolute Gasteiger partial charge is 0.480 e. The lowest BCUT2D eigenvalue weighted by atomic mass is 9.87. The molecule has 1 aliphatic rings. The van der Waals surface area contributed by atoms with Crippen LogP contribution in [0, 0.1) is 0 Å². The van der Waals surface area contributed by atoms with E-state index >= 15 is 0 Å². The highest BCUT2D eigenvalue weighted by Crippen LogP contribution is 2.35. The summed E-state index contributed by atoms with van der Waals surface area (Å²) >= 11 is 3.27.